The van der Waals surface area contributed by atoms with Crippen LogP contribution in [0.2, 0.25) is 0 Å². The molecule has 6 heteroatoms. The van der Waals surface area contributed by atoms with E-state index < -0.39 is 0 Å². The highest BCUT2D eigenvalue weighted by atomic mass is 32.2. The maximum Gasteiger partial charge on any atom is 0.372 e. The van der Waals surface area contributed by atoms with Crippen LogP contribution in [-0.2, 0) is 0 Å². The molecule has 0 unspecified atom stereocenters. The Morgan fingerprint density at radius 3 is 2.87 bits per heavy atom. The van der Waals surface area contributed by atoms with Crippen molar-refractivity contribution in [2.24, 2.45) is 0 Å². The summed E-state index contributed by atoms with van der Waals surface area (Å²) in [5.74, 6) is 0.329. The van der Waals surface area contributed by atoms with Crippen molar-refractivity contribution < 1.29 is 0 Å². The van der Waals surface area contributed by atoms with Crippen LogP contribution in [0.3, 0.4) is 0 Å². The minimum atomic E-state index is -0.333. The summed E-state index contributed by atoms with van der Waals surface area (Å²) in [5.41, 5.74) is 1.44. The molecule has 2 heterocycles. The van der Waals surface area contributed by atoms with Gasteiger partial charge in [-0.3, -0.25) is 0 Å². The average molecular weight is 224 g/mol. The molecule has 1 N–H and O–H groups in total. The van der Waals surface area contributed by atoms with Crippen molar-refractivity contribution in [2.75, 3.05) is 6.26 Å². The Morgan fingerprint density at radius 2 is 2.27 bits per heavy atom. The standard InChI is InChI=1S/C9H12N4OS/c1-5(2)6-4-10-13-7(6)11-8(15-3)12-9(13)14/h4-5H,1-3H3,(H,11,12,14). The fourth-order valence-corrected chi connectivity index (χ4v) is 1.78. The lowest BCUT2D eigenvalue weighted by Crippen LogP contribution is -2.19. The van der Waals surface area contributed by atoms with Crippen LogP contribution in [0.1, 0.15) is 25.3 Å². The molecular weight excluding hydrogens is 212 g/mol. The lowest BCUT2D eigenvalue weighted by atomic mass is 10.1. The second-order valence-electron chi connectivity index (χ2n) is 3.54. The topological polar surface area (TPSA) is 63.1 Å². The van der Waals surface area contributed by atoms with Crippen LogP contribution in [0.5, 0.6) is 0 Å². The molecule has 0 saturated heterocycles. The highest BCUT2D eigenvalue weighted by Gasteiger charge is 2.11. The molecule has 0 saturated carbocycles. The normalized spacial score (nSPS) is 11.5. The number of aromatic amines is 1. The van der Waals surface area contributed by atoms with Gasteiger partial charge < -0.3 is 4.98 Å². The molecular formula is C9H12N4OS. The molecule has 5 nitrogen and oxygen atoms in total. The average Bonchev–Trinajstić information content (AvgIpc) is 2.61. The first-order valence-corrected chi connectivity index (χ1v) is 5.88. The third-order valence-corrected chi connectivity index (χ3v) is 2.80. The van der Waals surface area contributed by atoms with E-state index >= 15 is 0 Å². The second-order valence-corrected chi connectivity index (χ2v) is 4.34. The number of hydrogen-bond acceptors (Lipinski definition) is 4. The summed E-state index contributed by atoms with van der Waals surface area (Å²) in [6, 6.07) is 0. The number of nitrogens with one attached hydrogen (secondary N) is 1. The first-order valence-electron chi connectivity index (χ1n) is 4.65. The number of aromatic nitrogens is 4. The molecule has 0 aliphatic heterocycles. The number of hydrogen-bond donors (Lipinski definition) is 1. The Balaban J connectivity index is 2.78. The SMILES string of the molecule is CSc1nc(=O)n2ncc(C(C)C)c2[nH]1. The lowest BCUT2D eigenvalue weighted by Gasteiger charge is -2.02. The van der Waals surface area contributed by atoms with Crippen LogP contribution in [0, 0.1) is 0 Å². The van der Waals surface area contributed by atoms with E-state index in [4.69, 9.17) is 0 Å². The summed E-state index contributed by atoms with van der Waals surface area (Å²) >= 11 is 1.41. The first kappa shape index (κ1) is 10.2. The number of rotatable bonds is 2. The van der Waals surface area contributed by atoms with Gasteiger partial charge >= 0.3 is 5.69 Å². The highest BCUT2D eigenvalue weighted by molar-refractivity contribution is 7.98. The summed E-state index contributed by atoms with van der Waals surface area (Å²) in [7, 11) is 0. The Labute approximate surface area is 90.9 Å². The van der Waals surface area contributed by atoms with Gasteiger partial charge in [-0.15, -0.1) is 0 Å². The van der Waals surface area contributed by atoms with Gasteiger partial charge in [0.15, 0.2) is 5.16 Å². The Kier molecular flexibility index (Phi) is 2.52. The molecule has 0 fully saturated rings. The van der Waals surface area contributed by atoms with Gasteiger partial charge in [0.25, 0.3) is 0 Å². The van der Waals surface area contributed by atoms with Gasteiger partial charge in [-0.25, -0.2) is 4.79 Å². The van der Waals surface area contributed by atoms with Gasteiger partial charge in [-0.05, 0) is 12.2 Å². The van der Waals surface area contributed by atoms with Crippen molar-refractivity contribution in [2.45, 2.75) is 24.9 Å². The predicted molar refractivity (Wildman–Crippen MR) is 59.5 cm³/mol. The van der Waals surface area contributed by atoms with E-state index in [2.05, 4.69) is 28.9 Å². The fourth-order valence-electron chi connectivity index (χ4n) is 1.41. The van der Waals surface area contributed by atoms with Crippen molar-refractivity contribution in [3.05, 3.63) is 22.2 Å². The van der Waals surface area contributed by atoms with E-state index in [1.54, 1.807) is 6.20 Å². The molecule has 0 spiro atoms. The second kappa shape index (κ2) is 3.69. The van der Waals surface area contributed by atoms with E-state index in [0.717, 1.165) is 11.2 Å². The molecule has 2 rings (SSSR count). The zero-order valence-electron chi connectivity index (χ0n) is 8.81. The van der Waals surface area contributed by atoms with E-state index in [9.17, 15) is 4.79 Å². The summed E-state index contributed by atoms with van der Waals surface area (Å²) in [4.78, 5) is 18.5. The Hall–Kier alpha value is -1.30. The van der Waals surface area contributed by atoms with Crippen LogP contribution in [-0.4, -0.2) is 25.8 Å². The zero-order chi connectivity index (χ0) is 11.0. The summed E-state index contributed by atoms with van der Waals surface area (Å²) in [6.45, 7) is 4.13. The summed E-state index contributed by atoms with van der Waals surface area (Å²) in [5, 5.41) is 4.64. The van der Waals surface area contributed by atoms with Gasteiger partial charge in [0, 0.05) is 5.56 Å². The van der Waals surface area contributed by atoms with Crippen molar-refractivity contribution in [1.82, 2.24) is 19.6 Å². The molecule has 0 atom stereocenters. The smallest absolute Gasteiger partial charge is 0.319 e. The maximum absolute atomic E-state index is 11.6. The summed E-state index contributed by atoms with van der Waals surface area (Å²) < 4.78 is 1.30. The molecule has 0 bridgehead atoms. The zero-order valence-corrected chi connectivity index (χ0v) is 9.63. The van der Waals surface area contributed by atoms with E-state index in [1.165, 1.54) is 16.3 Å². The number of thioether (sulfide) groups is 1. The monoisotopic (exact) mass is 224 g/mol. The van der Waals surface area contributed by atoms with E-state index in [-0.39, 0.29) is 5.69 Å². The number of H-pyrrole nitrogens is 1. The van der Waals surface area contributed by atoms with Crippen LogP contribution >= 0.6 is 11.8 Å². The van der Waals surface area contributed by atoms with Crippen molar-refractivity contribution in [3.8, 4) is 0 Å². The van der Waals surface area contributed by atoms with Crippen LogP contribution in [0.4, 0.5) is 0 Å². The quantitative estimate of drug-likeness (QED) is 0.780. The molecule has 0 aromatic carbocycles. The number of fused-ring (bicyclic) bond motifs is 1. The van der Waals surface area contributed by atoms with Crippen molar-refractivity contribution >= 4 is 17.4 Å². The van der Waals surface area contributed by atoms with Crippen LogP contribution in [0.15, 0.2) is 16.1 Å². The van der Waals surface area contributed by atoms with E-state index in [1.807, 2.05) is 6.26 Å². The van der Waals surface area contributed by atoms with Gasteiger partial charge in [0.2, 0.25) is 0 Å². The highest BCUT2D eigenvalue weighted by Crippen LogP contribution is 2.18. The molecule has 2 aromatic heterocycles. The third kappa shape index (κ3) is 1.65. The molecule has 15 heavy (non-hydrogen) atoms. The maximum atomic E-state index is 11.6. The van der Waals surface area contributed by atoms with Gasteiger partial charge in [0.05, 0.1) is 6.20 Å². The molecule has 0 aliphatic carbocycles. The van der Waals surface area contributed by atoms with Crippen LogP contribution < -0.4 is 5.69 Å². The predicted octanol–water partition coefficient (Wildman–Crippen LogP) is 1.26. The van der Waals surface area contributed by atoms with Gasteiger partial charge in [-0.2, -0.15) is 14.6 Å². The van der Waals surface area contributed by atoms with Crippen LogP contribution in [0.25, 0.3) is 5.65 Å². The van der Waals surface area contributed by atoms with Gasteiger partial charge in [0.1, 0.15) is 5.65 Å². The van der Waals surface area contributed by atoms with Gasteiger partial charge in [-0.1, -0.05) is 25.6 Å². The fraction of sp³-hybridized carbons (Fsp3) is 0.444. The van der Waals surface area contributed by atoms with Crippen molar-refractivity contribution in [1.29, 1.82) is 0 Å². The Morgan fingerprint density at radius 1 is 1.53 bits per heavy atom. The molecule has 0 radical (unpaired) electrons. The third-order valence-electron chi connectivity index (χ3n) is 2.22. The minimum absolute atomic E-state index is 0.329. The number of nitrogens with zero attached hydrogens (tertiary/aromatic N) is 3. The lowest BCUT2D eigenvalue weighted by molar-refractivity contribution is 0.783. The largest absolute Gasteiger partial charge is 0.372 e. The molecule has 2 aromatic rings. The Bertz CT molecular complexity index is 543. The molecule has 0 amide bonds. The molecule has 80 valence electrons. The first-order chi connectivity index (χ1) is 7.13. The molecule has 0 aliphatic rings. The summed E-state index contributed by atoms with van der Waals surface area (Å²) in [6.07, 6.45) is 3.59. The minimum Gasteiger partial charge on any atom is -0.319 e. The van der Waals surface area contributed by atoms with E-state index in [0.29, 0.717) is 11.1 Å². The van der Waals surface area contributed by atoms with Crippen molar-refractivity contribution in [3.63, 3.8) is 0 Å².